The summed E-state index contributed by atoms with van der Waals surface area (Å²) in [6, 6.07) is 0. The predicted molar refractivity (Wildman–Crippen MR) is 67.1 cm³/mol. The molecule has 78 valence electrons. The summed E-state index contributed by atoms with van der Waals surface area (Å²) in [5.74, 6) is -0.256. The molecule has 0 radical (unpaired) electrons. The summed E-state index contributed by atoms with van der Waals surface area (Å²) < 4.78 is 0.593. The second kappa shape index (κ2) is 6.28. The van der Waals surface area contributed by atoms with Gasteiger partial charge in [-0.15, -0.1) is 0 Å². The maximum atomic E-state index is 11.1. The molecule has 0 heterocycles. The molecule has 2 N–H and O–H groups in total. The van der Waals surface area contributed by atoms with E-state index < -0.39 is 0 Å². The van der Waals surface area contributed by atoms with Crippen molar-refractivity contribution in [3.05, 3.63) is 9.28 Å². The molecule has 0 aromatic carbocycles. The van der Waals surface area contributed by atoms with Gasteiger partial charge in [0.15, 0.2) is 5.78 Å². The molecule has 0 fully saturated rings. The number of hydrogen-bond acceptors (Lipinski definition) is 4. The Bertz CT molecular complexity index is 312. The lowest BCUT2D eigenvalue weighted by atomic mass is 10.3. The van der Waals surface area contributed by atoms with Crippen molar-refractivity contribution in [3.63, 3.8) is 0 Å². The molecule has 4 nitrogen and oxygen atoms in total. The van der Waals surface area contributed by atoms with Crippen molar-refractivity contribution in [1.82, 2.24) is 5.32 Å². The van der Waals surface area contributed by atoms with E-state index in [1.165, 1.54) is 13.8 Å². The third kappa shape index (κ3) is 4.85. The summed E-state index contributed by atoms with van der Waals surface area (Å²) in [5, 5.41) is 9.99. The molecule has 0 spiro atoms. The van der Waals surface area contributed by atoms with Crippen LogP contribution in [0.25, 0.3) is 0 Å². The lowest BCUT2D eigenvalue weighted by molar-refractivity contribution is -0.116. The van der Waals surface area contributed by atoms with Crippen molar-refractivity contribution in [2.45, 2.75) is 13.8 Å². The Labute approximate surface area is 104 Å². The highest BCUT2D eigenvalue weighted by Gasteiger charge is 2.11. The van der Waals surface area contributed by atoms with Crippen molar-refractivity contribution in [3.8, 4) is 0 Å². The van der Waals surface area contributed by atoms with Gasteiger partial charge in [0.25, 0.3) is 0 Å². The Kier molecular flexibility index (Phi) is 6.17. The van der Waals surface area contributed by atoms with E-state index >= 15 is 0 Å². The van der Waals surface area contributed by atoms with Crippen LogP contribution in [0.1, 0.15) is 13.8 Å². The predicted octanol–water partition coefficient (Wildman–Crippen LogP) is 1.77. The van der Waals surface area contributed by atoms with Crippen LogP contribution in [0.5, 0.6) is 0 Å². The number of carbonyl (C=O) groups is 2. The Morgan fingerprint density at radius 1 is 1.43 bits per heavy atom. The molecule has 0 aliphatic heterocycles. The van der Waals surface area contributed by atoms with Gasteiger partial charge in [0.1, 0.15) is 10.4 Å². The van der Waals surface area contributed by atoms with Gasteiger partial charge in [0.05, 0.1) is 15.8 Å². The summed E-state index contributed by atoms with van der Waals surface area (Å²) in [7, 11) is 0. The zero-order valence-corrected chi connectivity index (χ0v) is 11.5. The highest BCUT2D eigenvalue weighted by molar-refractivity contribution is 14.1. The van der Waals surface area contributed by atoms with E-state index in [1.807, 2.05) is 22.6 Å². The van der Waals surface area contributed by atoms with Crippen molar-refractivity contribution >= 4 is 54.7 Å². The number of hydrogen-bond donors (Lipinski definition) is 2. The van der Waals surface area contributed by atoms with Crippen molar-refractivity contribution in [2.24, 2.45) is 0 Å². The molecule has 0 rings (SSSR count). The van der Waals surface area contributed by atoms with E-state index in [4.69, 9.17) is 5.41 Å². The van der Waals surface area contributed by atoms with Crippen LogP contribution in [0, 0.1) is 5.41 Å². The highest BCUT2D eigenvalue weighted by Crippen LogP contribution is 2.16. The topological polar surface area (TPSA) is 70.0 Å². The molecular weight excluding hydrogens is 363 g/mol. The second-order valence-electron chi connectivity index (χ2n) is 2.61. The second-order valence-corrected chi connectivity index (χ2v) is 4.49. The number of rotatable bonds is 5. The highest BCUT2D eigenvalue weighted by atomic mass is 127. The van der Waals surface area contributed by atoms with Gasteiger partial charge < -0.3 is 5.32 Å². The average Bonchev–Trinajstić information content (AvgIpc) is 2.02. The average molecular weight is 373 g/mol. The first kappa shape index (κ1) is 13.8. The Hall–Kier alpha value is -0.240. The minimum atomic E-state index is -0.195. The van der Waals surface area contributed by atoms with Crippen LogP contribution in [-0.4, -0.2) is 22.7 Å². The molecule has 0 atom stereocenters. The molecule has 6 heteroatoms. The molecule has 0 aliphatic carbocycles. The quantitative estimate of drug-likeness (QED) is 0.439. The molecule has 0 saturated carbocycles. The maximum absolute atomic E-state index is 11.1. The van der Waals surface area contributed by atoms with E-state index in [0.717, 1.165) is 0 Å². The van der Waals surface area contributed by atoms with Crippen LogP contribution in [0.15, 0.2) is 9.28 Å². The summed E-state index contributed by atoms with van der Waals surface area (Å²) in [6.45, 7) is 2.91. The summed E-state index contributed by atoms with van der Waals surface area (Å²) >= 11 is 4.83. The third-order valence-corrected chi connectivity index (χ3v) is 3.49. The zero-order chi connectivity index (χ0) is 11.3. The largest absolute Gasteiger partial charge is 0.374 e. The summed E-state index contributed by atoms with van der Waals surface area (Å²) in [6.07, 6.45) is 0. The minimum absolute atomic E-state index is 0.0611. The van der Waals surface area contributed by atoms with Crippen molar-refractivity contribution in [2.75, 3.05) is 6.54 Å². The van der Waals surface area contributed by atoms with Crippen LogP contribution < -0.4 is 5.32 Å². The fraction of sp³-hybridized carbons (Fsp3) is 0.375. The number of Topliss-reactive ketones (excluding diaryl/α,β-unsaturated/α-hetero) is 2. The molecule has 0 aromatic heterocycles. The van der Waals surface area contributed by atoms with Gasteiger partial charge in [-0.1, -0.05) is 0 Å². The van der Waals surface area contributed by atoms with Gasteiger partial charge in [-0.25, -0.2) is 0 Å². The molecular formula is C8H10BrIN2O2. The summed E-state index contributed by atoms with van der Waals surface area (Å²) in [4.78, 5) is 21.8. The van der Waals surface area contributed by atoms with E-state index in [0.29, 0.717) is 9.28 Å². The number of allylic oxidation sites excluding steroid dienone is 2. The Balaban J connectivity index is 4.77. The van der Waals surface area contributed by atoms with Gasteiger partial charge in [0.2, 0.25) is 0 Å². The lowest BCUT2D eigenvalue weighted by Gasteiger charge is -2.08. The molecule has 0 aromatic rings. The van der Waals surface area contributed by atoms with E-state index in [-0.39, 0.29) is 22.7 Å². The smallest absolute Gasteiger partial charge is 0.176 e. The summed E-state index contributed by atoms with van der Waals surface area (Å²) in [5.41, 5.74) is 0.294. The fourth-order valence-corrected chi connectivity index (χ4v) is 1.45. The lowest BCUT2D eigenvalue weighted by Crippen LogP contribution is -2.25. The number of nitrogens with one attached hydrogen (secondary N) is 2. The van der Waals surface area contributed by atoms with Crippen LogP contribution in [-0.2, 0) is 9.59 Å². The van der Waals surface area contributed by atoms with Crippen LogP contribution in [0.2, 0.25) is 0 Å². The molecule has 0 bridgehead atoms. The normalized spacial score (nSPS) is 11.7. The number of carbonyl (C=O) groups excluding carboxylic acids is 2. The Morgan fingerprint density at radius 2 is 1.93 bits per heavy atom. The van der Waals surface area contributed by atoms with Crippen LogP contribution in [0.3, 0.4) is 0 Å². The molecule has 0 saturated heterocycles. The zero-order valence-electron chi connectivity index (χ0n) is 7.78. The van der Waals surface area contributed by atoms with E-state index in [1.54, 1.807) is 0 Å². The van der Waals surface area contributed by atoms with Gasteiger partial charge in [-0.3, -0.25) is 15.0 Å². The third-order valence-electron chi connectivity index (χ3n) is 1.28. The Morgan fingerprint density at radius 3 is 2.21 bits per heavy atom. The minimum Gasteiger partial charge on any atom is -0.374 e. The number of ketones is 2. The molecule has 14 heavy (non-hydrogen) atoms. The van der Waals surface area contributed by atoms with Crippen molar-refractivity contribution in [1.29, 1.82) is 5.41 Å². The van der Waals surface area contributed by atoms with Crippen LogP contribution >= 0.6 is 38.5 Å². The molecule has 0 unspecified atom stereocenters. The molecule has 0 aliphatic rings. The monoisotopic (exact) mass is 372 g/mol. The maximum Gasteiger partial charge on any atom is 0.176 e. The van der Waals surface area contributed by atoms with Gasteiger partial charge >= 0.3 is 0 Å². The van der Waals surface area contributed by atoms with Gasteiger partial charge in [0, 0.05) is 6.92 Å². The first-order chi connectivity index (χ1) is 6.36. The standard InChI is InChI=1S/C8H10BrIN2O2/c1-4(13)3-12-7(5(2)14)6(10)8(9)11/h11-12H,3H2,1-2H3/b7-6+,11-8?. The van der Waals surface area contributed by atoms with Crippen LogP contribution in [0.4, 0.5) is 0 Å². The van der Waals surface area contributed by atoms with E-state index in [9.17, 15) is 9.59 Å². The molecule has 0 amide bonds. The first-order valence-corrected chi connectivity index (χ1v) is 5.62. The van der Waals surface area contributed by atoms with Gasteiger partial charge in [-0.2, -0.15) is 0 Å². The number of halogens is 2. The van der Waals surface area contributed by atoms with Crippen molar-refractivity contribution < 1.29 is 9.59 Å². The SMILES string of the molecule is CC(=O)CN/C(C(C)=O)=C(/I)C(=N)Br. The van der Waals surface area contributed by atoms with E-state index in [2.05, 4.69) is 21.2 Å². The van der Waals surface area contributed by atoms with Gasteiger partial charge in [-0.05, 0) is 45.4 Å². The first-order valence-electron chi connectivity index (χ1n) is 3.74. The fourth-order valence-electron chi connectivity index (χ4n) is 0.679.